The van der Waals surface area contributed by atoms with Crippen molar-refractivity contribution in [2.24, 2.45) is 0 Å². The fourth-order valence-corrected chi connectivity index (χ4v) is 8.79. The first-order valence-electron chi connectivity index (χ1n) is 23.9. The number of pyridine rings is 2. The zero-order chi connectivity index (χ0) is 45.6. The monoisotopic (exact) mass is 869 g/mol. The van der Waals surface area contributed by atoms with Gasteiger partial charge in [-0.1, -0.05) is 25.7 Å². The summed E-state index contributed by atoms with van der Waals surface area (Å²) in [5, 5.41) is 11.3. The number of fused-ring (bicyclic) bond motifs is 4. The van der Waals surface area contributed by atoms with Gasteiger partial charge in [0.1, 0.15) is 13.1 Å². The number of amides is 2. The minimum atomic E-state index is 0.167. The van der Waals surface area contributed by atoms with E-state index in [-0.39, 0.29) is 11.8 Å². The molecule has 0 atom stereocenters. The second-order valence-corrected chi connectivity index (χ2v) is 18.6. The molecule has 6 rings (SSSR count). The largest absolute Gasteiger partial charge is 0.377 e. The second kappa shape index (κ2) is 23.3. The maximum absolute atomic E-state index is 12.6. The van der Waals surface area contributed by atoms with E-state index in [2.05, 4.69) is 181 Å². The summed E-state index contributed by atoms with van der Waals surface area (Å²) in [5.41, 5.74) is 9.76. The SMILES string of the molecule is CN(C)c1ccc2cc3ccc(N(C)C)cc3[n+](CCCCCC(=O)NCCCCCCCCNC(=O)CCCCC[n+]3c4cc(N(C)C)ccc4cc4ccc(N(C)C)cc43)c2c1. The molecule has 0 bridgehead atoms. The summed E-state index contributed by atoms with van der Waals surface area (Å²) in [7, 11) is 16.7. The van der Waals surface area contributed by atoms with Crippen LogP contribution in [0.25, 0.3) is 43.6 Å². The molecule has 0 aliphatic rings. The Balaban J connectivity index is 0.811. The highest BCUT2D eigenvalue weighted by molar-refractivity contribution is 5.92. The van der Waals surface area contributed by atoms with E-state index in [4.69, 9.17) is 0 Å². The van der Waals surface area contributed by atoms with Crippen LogP contribution in [0.3, 0.4) is 0 Å². The highest BCUT2D eigenvalue weighted by Crippen LogP contribution is 2.27. The summed E-state index contributed by atoms with van der Waals surface area (Å²) in [6, 6.07) is 31.4. The quantitative estimate of drug-likeness (QED) is 0.0339. The van der Waals surface area contributed by atoms with Crippen LogP contribution in [0, 0.1) is 0 Å². The fraction of sp³-hybridized carbons (Fsp3) is 0.481. The van der Waals surface area contributed by atoms with Crippen LogP contribution < -0.4 is 39.4 Å². The third-order valence-corrected chi connectivity index (χ3v) is 12.7. The highest BCUT2D eigenvalue weighted by atomic mass is 16.2. The molecule has 342 valence electrons. The zero-order valence-electron chi connectivity index (χ0n) is 40.3. The van der Waals surface area contributed by atoms with Crippen LogP contribution in [-0.4, -0.2) is 81.3 Å². The van der Waals surface area contributed by atoms with Gasteiger partial charge in [-0.15, -0.1) is 0 Å². The lowest BCUT2D eigenvalue weighted by molar-refractivity contribution is -0.646. The molecule has 64 heavy (non-hydrogen) atoms. The van der Waals surface area contributed by atoms with Crippen molar-refractivity contribution in [3.05, 3.63) is 84.9 Å². The average molecular weight is 869 g/mol. The van der Waals surface area contributed by atoms with Crippen molar-refractivity contribution in [1.29, 1.82) is 0 Å². The molecular formula is C54H76N8O2+2. The summed E-state index contributed by atoms with van der Waals surface area (Å²) in [5.74, 6) is 0.333. The van der Waals surface area contributed by atoms with E-state index < -0.39 is 0 Å². The first-order chi connectivity index (χ1) is 30.9. The molecule has 0 spiro atoms. The molecule has 0 fully saturated rings. The lowest BCUT2D eigenvalue weighted by Crippen LogP contribution is -2.36. The Kier molecular flexibility index (Phi) is 17.4. The van der Waals surface area contributed by atoms with E-state index in [0.29, 0.717) is 12.8 Å². The molecule has 2 aromatic heterocycles. The van der Waals surface area contributed by atoms with E-state index >= 15 is 0 Å². The van der Waals surface area contributed by atoms with Crippen LogP contribution in [0.1, 0.15) is 89.9 Å². The standard InChI is InChI=1S/C54H74N8O2/c1-57(2)45-27-23-41-35-42-24-28-46(58(3)4)38-50(42)61(49(41)37-45)33-19-13-15-21-53(63)55-31-17-11-9-10-12-18-32-56-54(64)22-16-14-20-34-62-51-39-47(59(5)6)29-25-43(51)36-44-26-30-48(60(7)8)40-52(44)62/h23-30,35-40H,9-22,31-34H2,1-8H3/p+2. The molecule has 2 amide bonds. The molecule has 0 saturated heterocycles. The number of rotatable bonds is 25. The number of nitrogens with one attached hydrogen (secondary N) is 2. The van der Waals surface area contributed by atoms with Gasteiger partial charge in [-0.25, -0.2) is 0 Å². The van der Waals surface area contributed by atoms with Gasteiger partial charge in [-0.3, -0.25) is 9.59 Å². The minimum Gasteiger partial charge on any atom is -0.377 e. The molecule has 2 N–H and O–H groups in total. The van der Waals surface area contributed by atoms with Crippen LogP contribution in [0.2, 0.25) is 0 Å². The lowest BCUT2D eigenvalue weighted by atomic mass is 10.1. The molecule has 4 aromatic carbocycles. The van der Waals surface area contributed by atoms with Gasteiger partial charge in [-0.2, -0.15) is 9.13 Å². The van der Waals surface area contributed by atoms with Crippen molar-refractivity contribution in [1.82, 2.24) is 10.6 Å². The van der Waals surface area contributed by atoms with E-state index in [9.17, 15) is 9.59 Å². The number of aryl methyl sites for hydroxylation is 2. The van der Waals surface area contributed by atoms with Crippen molar-refractivity contribution in [2.45, 2.75) is 103 Å². The van der Waals surface area contributed by atoms with Gasteiger partial charge in [-0.05, 0) is 99.2 Å². The average Bonchev–Trinajstić information content (AvgIpc) is 3.27. The molecule has 0 radical (unpaired) electrons. The van der Waals surface area contributed by atoms with E-state index in [1.807, 2.05) is 0 Å². The number of anilines is 4. The molecule has 0 saturated carbocycles. The number of benzene rings is 4. The predicted octanol–water partition coefficient (Wildman–Crippen LogP) is 9.53. The molecule has 0 aliphatic carbocycles. The number of carbonyl (C=O) groups is 2. The van der Waals surface area contributed by atoms with Crippen LogP contribution in [-0.2, 0) is 22.7 Å². The summed E-state index contributed by atoms with van der Waals surface area (Å²) >= 11 is 0. The van der Waals surface area contributed by atoms with Gasteiger partial charge >= 0.3 is 0 Å². The fourth-order valence-electron chi connectivity index (χ4n) is 8.79. The maximum atomic E-state index is 12.6. The molecular weight excluding hydrogens is 793 g/mol. The summed E-state index contributed by atoms with van der Waals surface area (Å²) < 4.78 is 4.94. The molecule has 10 nitrogen and oxygen atoms in total. The molecule has 2 heterocycles. The minimum absolute atomic E-state index is 0.167. The number of carbonyl (C=O) groups excluding carboxylic acids is 2. The van der Waals surface area contributed by atoms with Crippen molar-refractivity contribution in [3.8, 4) is 0 Å². The maximum Gasteiger partial charge on any atom is 0.219 e. The van der Waals surface area contributed by atoms with E-state index in [0.717, 1.165) is 103 Å². The highest BCUT2D eigenvalue weighted by Gasteiger charge is 2.19. The Morgan fingerprint density at radius 3 is 0.953 bits per heavy atom. The Morgan fingerprint density at radius 2 is 0.656 bits per heavy atom. The van der Waals surface area contributed by atoms with Gasteiger partial charge in [0.15, 0.2) is 0 Å². The predicted molar refractivity (Wildman–Crippen MR) is 271 cm³/mol. The smallest absolute Gasteiger partial charge is 0.219 e. The van der Waals surface area contributed by atoms with Crippen molar-refractivity contribution in [2.75, 3.05) is 89.1 Å². The van der Waals surface area contributed by atoms with Gasteiger partial charge in [0.05, 0.1) is 0 Å². The summed E-state index contributed by atoms with van der Waals surface area (Å²) in [4.78, 5) is 33.9. The summed E-state index contributed by atoms with van der Waals surface area (Å²) in [6.45, 7) is 3.33. The molecule has 10 heteroatoms. The Bertz CT molecular complexity index is 2190. The zero-order valence-corrected chi connectivity index (χ0v) is 40.3. The van der Waals surface area contributed by atoms with Gasteiger partial charge in [0.2, 0.25) is 33.9 Å². The van der Waals surface area contributed by atoms with Crippen molar-refractivity contribution < 1.29 is 18.7 Å². The van der Waals surface area contributed by atoms with Gasteiger partial charge in [0.25, 0.3) is 0 Å². The van der Waals surface area contributed by atoms with Crippen molar-refractivity contribution >= 4 is 78.2 Å². The van der Waals surface area contributed by atoms with Crippen LogP contribution in [0.5, 0.6) is 0 Å². The third kappa shape index (κ3) is 13.0. The Morgan fingerprint density at radius 1 is 0.375 bits per heavy atom. The molecule has 6 aromatic rings. The number of unbranched alkanes of at least 4 members (excludes halogenated alkanes) is 9. The first kappa shape index (κ1) is 47.8. The van der Waals surface area contributed by atoms with Crippen molar-refractivity contribution in [3.63, 3.8) is 0 Å². The Labute approximate surface area is 383 Å². The summed E-state index contributed by atoms with van der Waals surface area (Å²) in [6.07, 6.45) is 13.6. The molecule has 0 unspecified atom stereocenters. The van der Waals surface area contributed by atoms with Gasteiger partial charge < -0.3 is 30.2 Å². The van der Waals surface area contributed by atoms with Crippen LogP contribution >= 0.6 is 0 Å². The van der Waals surface area contributed by atoms with E-state index in [1.54, 1.807) is 0 Å². The Hall–Kier alpha value is -5.64. The molecule has 0 aliphatic heterocycles. The third-order valence-electron chi connectivity index (χ3n) is 12.7. The number of hydrogen-bond donors (Lipinski definition) is 2. The second-order valence-electron chi connectivity index (χ2n) is 18.6. The van der Waals surface area contributed by atoms with Crippen LogP contribution in [0.4, 0.5) is 22.7 Å². The number of nitrogens with zero attached hydrogens (tertiary/aromatic N) is 6. The number of hydrogen-bond acceptors (Lipinski definition) is 6. The van der Waals surface area contributed by atoms with E-state index in [1.165, 1.54) is 66.4 Å². The van der Waals surface area contributed by atoms with Gasteiger partial charge in [0, 0.05) is 164 Å². The topological polar surface area (TPSA) is 78.9 Å². The number of aromatic nitrogens is 2. The first-order valence-corrected chi connectivity index (χ1v) is 23.9. The normalized spacial score (nSPS) is 11.4. The van der Waals surface area contributed by atoms with Crippen LogP contribution in [0.15, 0.2) is 84.9 Å². The lowest BCUT2D eigenvalue weighted by Gasteiger charge is -2.15.